The maximum absolute atomic E-state index is 3.60. The van der Waals surface area contributed by atoms with Crippen molar-refractivity contribution in [3.8, 4) is 0 Å². The van der Waals surface area contributed by atoms with Gasteiger partial charge in [0, 0.05) is 24.8 Å². The average Bonchev–Trinajstić information content (AvgIpc) is 2.90. The van der Waals surface area contributed by atoms with Gasteiger partial charge in [0.2, 0.25) is 0 Å². The molecular formula is C21H29N3. The Morgan fingerprint density at radius 1 is 0.875 bits per heavy atom. The van der Waals surface area contributed by atoms with E-state index in [1.54, 1.807) is 0 Å². The van der Waals surface area contributed by atoms with Crippen LogP contribution in [-0.4, -0.2) is 43.0 Å². The van der Waals surface area contributed by atoms with Crippen LogP contribution in [0.4, 0.5) is 5.69 Å². The van der Waals surface area contributed by atoms with Gasteiger partial charge >= 0.3 is 0 Å². The predicted octanol–water partition coefficient (Wildman–Crippen LogP) is 4.17. The second kappa shape index (κ2) is 7.82. The lowest BCUT2D eigenvalue weighted by atomic mass is 10.0. The molecule has 1 heterocycles. The van der Waals surface area contributed by atoms with Gasteiger partial charge in [0.15, 0.2) is 0 Å². The van der Waals surface area contributed by atoms with Crippen molar-refractivity contribution in [1.29, 1.82) is 0 Å². The SMILES string of the molecule is CCN(CC)C[C@@H]1c2ccccc2[C@H](CNc2ccccc2)N1C. The number of fused-ring (bicyclic) bond motifs is 1. The molecule has 2 aromatic carbocycles. The first-order valence-corrected chi connectivity index (χ1v) is 9.06. The molecule has 2 atom stereocenters. The molecule has 0 bridgehead atoms. The van der Waals surface area contributed by atoms with Crippen LogP contribution < -0.4 is 5.32 Å². The van der Waals surface area contributed by atoms with E-state index in [1.165, 1.54) is 16.8 Å². The van der Waals surface area contributed by atoms with E-state index < -0.39 is 0 Å². The summed E-state index contributed by atoms with van der Waals surface area (Å²) in [4.78, 5) is 5.06. The van der Waals surface area contributed by atoms with Gasteiger partial charge in [0.05, 0.1) is 6.04 Å². The number of nitrogens with zero attached hydrogens (tertiary/aromatic N) is 2. The van der Waals surface area contributed by atoms with E-state index in [9.17, 15) is 0 Å². The Morgan fingerprint density at radius 2 is 1.46 bits per heavy atom. The van der Waals surface area contributed by atoms with Gasteiger partial charge in [-0.1, -0.05) is 56.3 Å². The molecule has 0 unspecified atom stereocenters. The van der Waals surface area contributed by atoms with Crippen molar-refractivity contribution in [2.24, 2.45) is 0 Å². The highest BCUT2D eigenvalue weighted by molar-refractivity contribution is 5.44. The van der Waals surface area contributed by atoms with Gasteiger partial charge in [-0.15, -0.1) is 0 Å². The summed E-state index contributed by atoms with van der Waals surface area (Å²) in [5.74, 6) is 0. The third kappa shape index (κ3) is 3.47. The standard InChI is InChI=1S/C21H29N3/c1-4-24(5-2)16-21-19-14-10-9-13-18(19)20(23(21)3)15-22-17-11-7-6-8-12-17/h6-14,20-22H,4-5,15-16H2,1-3H3/t20-,21+/m0/s1. The lowest BCUT2D eigenvalue weighted by Crippen LogP contribution is -2.35. The summed E-state index contributed by atoms with van der Waals surface area (Å²) in [5.41, 5.74) is 4.16. The molecule has 24 heavy (non-hydrogen) atoms. The van der Waals surface area contributed by atoms with Gasteiger partial charge in [-0.2, -0.15) is 0 Å². The number of anilines is 1. The van der Waals surface area contributed by atoms with Crippen LogP contribution in [0, 0.1) is 0 Å². The average molecular weight is 323 g/mol. The van der Waals surface area contributed by atoms with E-state index >= 15 is 0 Å². The van der Waals surface area contributed by atoms with Crippen LogP contribution in [-0.2, 0) is 0 Å². The topological polar surface area (TPSA) is 18.5 Å². The van der Waals surface area contributed by atoms with Crippen molar-refractivity contribution in [2.75, 3.05) is 38.5 Å². The predicted molar refractivity (Wildman–Crippen MR) is 102 cm³/mol. The number of para-hydroxylation sites is 1. The Morgan fingerprint density at radius 3 is 2.08 bits per heavy atom. The quantitative estimate of drug-likeness (QED) is 0.825. The van der Waals surface area contributed by atoms with Gasteiger partial charge < -0.3 is 10.2 Å². The molecule has 1 aliphatic heterocycles. The van der Waals surface area contributed by atoms with E-state index in [0.29, 0.717) is 12.1 Å². The van der Waals surface area contributed by atoms with Crippen LogP contribution in [0.25, 0.3) is 0 Å². The van der Waals surface area contributed by atoms with Gasteiger partial charge in [-0.3, -0.25) is 4.90 Å². The number of nitrogens with one attached hydrogen (secondary N) is 1. The molecule has 3 heteroatoms. The summed E-state index contributed by atoms with van der Waals surface area (Å²) in [6, 6.07) is 20.3. The van der Waals surface area contributed by atoms with Crippen LogP contribution in [0.5, 0.6) is 0 Å². The molecule has 0 saturated heterocycles. The fourth-order valence-electron chi connectivity index (χ4n) is 3.75. The van der Waals surface area contributed by atoms with E-state index in [4.69, 9.17) is 0 Å². The largest absolute Gasteiger partial charge is 0.383 e. The summed E-state index contributed by atoms with van der Waals surface area (Å²) in [5, 5.41) is 3.60. The highest BCUT2D eigenvalue weighted by Crippen LogP contribution is 2.41. The minimum Gasteiger partial charge on any atom is -0.383 e. The Bertz CT molecular complexity index is 637. The molecule has 0 saturated carbocycles. The molecule has 0 fully saturated rings. The van der Waals surface area contributed by atoms with Gasteiger partial charge in [-0.25, -0.2) is 0 Å². The molecule has 0 spiro atoms. The van der Waals surface area contributed by atoms with Crippen molar-refractivity contribution >= 4 is 5.69 Å². The molecule has 0 radical (unpaired) electrons. The van der Waals surface area contributed by atoms with Gasteiger partial charge in [-0.05, 0) is 43.4 Å². The van der Waals surface area contributed by atoms with E-state index in [2.05, 4.69) is 90.6 Å². The number of hydrogen-bond donors (Lipinski definition) is 1. The molecule has 1 N–H and O–H groups in total. The zero-order valence-electron chi connectivity index (χ0n) is 15.1. The molecule has 3 nitrogen and oxygen atoms in total. The third-order valence-electron chi connectivity index (χ3n) is 5.30. The number of hydrogen-bond acceptors (Lipinski definition) is 3. The summed E-state index contributed by atoms with van der Waals surface area (Å²) in [6.45, 7) is 8.75. The minimum absolute atomic E-state index is 0.418. The first kappa shape index (κ1) is 17.0. The van der Waals surface area contributed by atoms with Crippen molar-refractivity contribution in [2.45, 2.75) is 25.9 Å². The summed E-state index contributed by atoms with van der Waals surface area (Å²) in [7, 11) is 2.27. The van der Waals surface area contributed by atoms with Crippen molar-refractivity contribution in [1.82, 2.24) is 9.80 Å². The molecule has 2 aromatic rings. The molecule has 3 rings (SSSR count). The Hall–Kier alpha value is -1.84. The Kier molecular flexibility index (Phi) is 5.54. The Labute approximate surface area is 146 Å². The first-order chi connectivity index (χ1) is 11.7. The van der Waals surface area contributed by atoms with Crippen LogP contribution in [0.1, 0.15) is 37.1 Å². The fourth-order valence-corrected chi connectivity index (χ4v) is 3.75. The fraction of sp³-hybridized carbons (Fsp3) is 0.429. The summed E-state index contributed by atoms with van der Waals surface area (Å²) < 4.78 is 0. The van der Waals surface area contributed by atoms with Gasteiger partial charge in [0.1, 0.15) is 0 Å². The maximum Gasteiger partial charge on any atom is 0.0527 e. The van der Waals surface area contributed by atoms with E-state index in [0.717, 1.165) is 26.2 Å². The van der Waals surface area contributed by atoms with E-state index in [1.807, 2.05) is 0 Å². The zero-order valence-corrected chi connectivity index (χ0v) is 15.1. The minimum atomic E-state index is 0.418. The Balaban J connectivity index is 1.78. The maximum atomic E-state index is 3.60. The van der Waals surface area contributed by atoms with Crippen molar-refractivity contribution in [3.63, 3.8) is 0 Å². The third-order valence-corrected chi connectivity index (χ3v) is 5.30. The number of benzene rings is 2. The van der Waals surface area contributed by atoms with Gasteiger partial charge in [0.25, 0.3) is 0 Å². The molecule has 0 aromatic heterocycles. The smallest absolute Gasteiger partial charge is 0.0527 e. The molecule has 0 amide bonds. The lowest BCUT2D eigenvalue weighted by molar-refractivity contribution is 0.156. The van der Waals surface area contributed by atoms with Crippen LogP contribution in [0.15, 0.2) is 54.6 Å². The highest BCUT2D eigenvalue weighted by atomic mass is 15.2. The normalized spacial score (nSPS) is 20.3. The summed E-state index contributed by atoms with van der Waals surface area (Å²) >= 11 is 0. The van der Waals surface area contributed by atoms with Crippen LogP contribution >= 0.6 is 0 Å². The highest BCUT2D eigenvalue weighted by Gasteiger charge is 2.35. The van der Waals surface area contributed by atoms with Crippen LogP contribution in [0.2, 0.25) is 0 Å². The monoisotopic (exact) mass is 323 g/mol. The van der Waals surface area contributed by atoms with Crippen LogP contribution in [0.3, 0.4) is 0 Å². The summed E-state index contributed by atoms with van der Waals surface area (Å²) in [6.07, 6.45) is 0. The second-order valence-corrected chi connectivity index (χ2v) is 6.56. The zero-order chi connectivity index (χ0) is 16.9. The van der Waals surface area contributed by atoms with Crippen molar-refractivity contribution < 1.29 is 0 Å². The van der Waals surface area contributed by atoms with E-state index in [-0.39, 0.29) is 0 Å². The van der Waals surface area contributed by atoms with Crippen molar-refractivity contribution in [3.05, 3.63) is 65.7 Å². The molecule has 1 aliphatic rings. The molecular weight excluding hydrogens is 294 g/mol. The second-order valence-electron chi connectivity index (χ2n) is 6.56. The number of rotatable bonds is 7. The lowest BCUT2D eigenvalue weighted by Gasteiger charge is -2.30. The molecule has 0 aliphatic carbocycles. The number of likely N-dealkylation sites (N-methyl/N-ethyl adjacent to an activating group) is 2. The molecule has 128 valence electrons. The first-order valence-electron chi connectivity index (χ1n) is 9.06.